The lowest BCUT2D eigenvalue weighted by atomic mass is 10.0. The molecule has 4 aromatic rings. The van der Waals surface area contributed by atoms with E-state index in [2.05, 4.69) is 94.9 Å². The molecular formula is C41H53N7S2. The Morgan fingerprint density at radius 3 is 1.84 bits per heavy atom. The summed E-state index contributed by atoms with van der Waals surface area (Å²) in [6, 6.07) is 17.1. The van der Waals surface area contributed by atoms with Gasteiger partial charge < -0.3 is 5.73 Å². The molecule has 0 bridgehead atoms. The first kappa shape index (κ1) is 38.7. The second-order valence-electron chi connectivity index (χ2n) is 12.8. The smallest absolute Gasteiger partial charge is 0.234 e. The fourth-order valence-corrected chi connectivity index (χ4v) is 7.55. The number of hydrazone groups is 1. The average Bonchev–Trinajstić information content (AvgIpc) is 3.72. The highest BCUT2D eigenvalue weighted by molar-refractivity contribution is 7.17. The summed E-state index contributed by atoms with van der Waals surface area (Å²) in [6.07, 6.45) is 14.9. The van der Waals surface area contributed by atoms with Gasteiger partial charge in [-0.25, -0.2) is 15.4 Å². The normalized spacial score (nSPS) is 12.2. The second kappa shape index (κ2) is 20.5. The number of aromatic nitrogens is 2. The van der Waals surface area contributed by atoms with Crippen LogP contribution in [0, 0.1) is 25.7 Å². The third-order valence-corrected chi connectivity index (χ3v) is 11.1. The van der Waals surface area contributed by atoms with Crippen LogP contribution in [-0.4, -0.2) is 27.4 Å². The number of hydrogen-bond donors (Lipinski definition) is 2. The van der Waals surface area contributed by atoms with Crippen LogP contribution >= 0.6 is 22.7 Å². The first-order valence-corrected chi connectivity index (χ1v) is 19.7. The molecule has 2 aromatic carbocycles. The topological polar surface area (TPSA) is 101 Å². The van der Waals surface area contributed by atoms with E-state index in [9.17, 15) is 0 Å². The quantitative estimate of drug-likeness (QED) is 0.0375. The molecular weight excluding hydrogens is 655 g/mol. The fourth-order valence-electron chi connectivity index (χ4n) is 5.52. The Balaban J connectivity index is 1.32. The summed E-state index contributed by atoms with van der Waals surface area (Å²) in [5, 5.41) is 15.0. The van der Waals surface area contributed by atoms with Crippen molar-refractivity contribution >= 4 is 40.1 Å². The van der Waals surface area contributed by atoms with Gasteiger partial charge in [-0.3, -0.25) is 0 Å². The molecule has 2 aromatic heterocycles. The van der Waals surface area contributed by atoms with Gasteiger partial charge in [0.15, 0.2) is 0 Å². The van der Waals surface area contributed by atoms with E-state index in [1.165, 1.54) is 69.8 Å². The Morgan fingerprint density at radius 2 is 1.24 bits per heavy atom. The van der Waals surface area contributed by atoms with Gasteiger partial charge in [0.05, 0.1) is 32.6 Å². The molecule has 50 heavy (non-hydrogen) atoms. The van der Waals surface area contributed by atoms with Gasteiger partial charge in [0, 0.05) is 23.1 Å². The number of benzene rings is 2. The maximum atomic E-state index is 6.14. The van der Waals surface area contributed by atoms with Crippen molar-refractivity contribution in [1.29, 1.82) is 0 Å². The van der Waals surface area contributed by atoms with Crippen LogP contribution in [0.15, 0.2) is 63.8 Å². The number of unbranched alkanes of at least 4 members (excludes halogenated alkanes) is 9. The standard InChI is InChI=1S/C41H53N7S2/c1-7-9-11-13-14-16-18-20-34-23-27-36(28-24-34)40-44-30(4)38(50-40)32(6)46-48-41(42)47-45-31(5)37-29(3)43-39(49-37)35-25-21-33(22-26-35)19-17-15-12-10-8-2/h21-28H,7-17,19H2,1-6H3,(H3,42,47,48)/b45-31+,46-32-. The zero-order chi connectivity index (χ0) is 35.7. The number of aryl methyl sites for hydroxylation is 3. The number of guanidine groups is 1. The number of nitrogens with one attached hydrogen (secondary N) is 1. The zero-order valence-corrected chi connectivity index (χ0v) is 32.4. The molecule has 0 fully saturated rings. The molecule has 0 amide bonds. The average molecular weight is 708 g/mol. The largest absolute Gasteiger partial charge is 0.367 e. The summed E-state index contributed by atoms with van der Waals surface area (Å²) >= 11 is 3.22. The van der Waals surface area contributed by atoms with E-state index < -0.39 is 0 Å². The van der Waals surface area contributed by atoms with Gasteiger partial charge in [-0.05, 0) is 64.7 Å². The summed E-state index contributed by atoms with van der Waals surface area (Å²) in [5.74, 6) is 6.72. The molecule has 264 valence electrons. The number of nitrogens with two attached hydrogens (primary N) is 1. The number of nitrogens with zero attached hydrogens (tertiary/aromatic N) is 5. The van der Waals surface area contributed by atoms with E-state index in [-0.39, 0.29) is 5.96 Å². The van der Waals surface area contributed by atoms with E-state index in [1.54, 1.807) is 22.7 Å². The van der Waals surface area contributed by atoms with E-state index in [0.717, 1.165) is 72.1 Å². The second-order valence-corrected chi connectivity index (χ2v) is 14.7. The minimum Gasteiger partial charge on any atom is -0.367 e. The molecule has 9 heteroatoms. The van der Waals surface area contributed by atoms with Crippen molar-refractivity contribution in [3.8, 4) is 33.0 Å². The van der Waals surface area contributed by atoms with E-state index in [0.29, 0.717) is 0 Å². The molecule has 4 rings (SSSR count). The van der Waals surface area contributed by atoms with Crippen LogP contribution < -0.4 is 11.2 Å². The minimum absolute atomic E-state index is 0.108. The highest BCUT2D eigenvalue weighted by atomic mass is 32.1. The van der Waals surface area contributed by atoms with Gasteiger partial charge in [0.2, 0.25) is 5.96 Å². The molecule has 0 radical (unpaired) electrons. The van der Waals surface area contributed by atoms with E-state index >= 15 is 0 Å². The monoisotopic (exact) mass is 707 g/mol. The van der Waals surface area contributed by atoms with Gasteiger partial charge in [-0.1, -0.05) is 113 Å². The predicted octanol–water partition coefficient (Wildman–Crippen LogP) is 10.8. The molecule has 0 aliphatic carbocycles. The summed E-state index contributed by atoms with van der Waals surface area (Å²) in [6.45, 7) is 12.4. The summed E-state index contributed by atoms with van der Waals surface area (Å²) < 4.78 is 0. The van der Waals surface area contributed by atoms with E-state index in [4.69, 9.17) is 15.7 Å². The molecule has 0 atom stereocenters. The van der Waals surface area contributed by atoms with Crippen molar-refractivity contribution < 1.29 is 0 Å². The summed E-state index contributed by atoms with van der Waals surface area (Å²) in [7, 11) is 0. The molecule has 2 heterocycles. The van der Waals surface area contributed by atoms with Crippen LogP contribution in [0.1, 0.15) is 131 Å². The van der Waals surface area contributed by atoms with Gasteiger partial charge >= 0.3 is 0 Å². The summed E-state index contributed by atoms with van der Waals surface area (Å²) in [4.78, 5) is 11.6. The Bertz CT molecular complexity index is 1800. The van der Waals surface area contributed by atoms with Crippen LogP contribution in [0.5, 0.6) is 0 Å². The minimum atomic E-state index is 0.108. The lowest BCUT2D eigenvalue weighted by Crippen LogP contribution is -2.27. The molecule has 0 aliphatic rings. The Morgan fingerprint density at radius 1 is 0.700 bits per heavy atom. The molecule has 0 aliphatic heterocycles. The highest BCUT2D eigenvalue weighted by Gasteiger charge is 2.14. The maximum absolute atomic E-state index is 6.14. The van der Waals surface area contributed by atoms with Crippen molar-refractivity contribution in [2.24, 2.45) is 21.0 Å². The highest BCUT2D eigenvalue weighted by Crippen LogP contribution is 2.30. The van der Waals surface area contributed by atoms with Gasteiger partial charge in [-0.15, -0.1) is 27.8 Å². The lowest BCUT2D eigenvalue weighted by molar-refractivity contribution is 0.632. The SMILES string of the molecule is CCCCCCCC#Cc1ccc(-c2nc(C)c(/C(C)=N\NC(N)=N/N=C(\C)c3sc(-c4ccc(CCCCCCC)cc4)nc3C)s2)cc1. The lowest BCUT2D eigenvalue weighted by Gasteiger charge is -2.03. The predicted molar refractivity (Wildman–Crippen MR) is 216 cm³/mol. The first-order chi connectivity index (χ1) is 24.3. The maximum Gasteiger partial charge on any atom is 0.234 e. The fraction of sp³-hybridized carbons (Fsp3) is 0.439. The van der Waals surface area contributed by atoms with Gasteiger partial charge in [0.1, 0.15) is 10.0 Å². The number of rotatable bonds is 17. The number of thiazole rings is 2. The Labute approximate surface area is 307 Å². The number of hydrogen-bond acceptors (Lipinski definition) is 7. The molecule has 3 N–H and O–H groups in total. The van der Waals surface area contributed by atoms with E-state index in [1.807, 2.05) is 27.7 Å². The van der Waals surface area contributed by atoms with Crippen molar-refractivity contribution in [3.63, 3.8) is 0 Å². The van der Waals surface area contributed by atoms with Crippen molar-refractivity contribution in [2.75, 3.05) is 0 Å². The Hall–Kier alpha value is -4.13. The van der Waals surface area contributed by atoms with Crippen molar-refractivity contribution in [1.82, 2.24) is 15.4 Å². The van der Waals surface area contributed by atoms with Crippen molar-refractivity contribution in [3.05, 3.63) is 80.8 Å². The molecule has 0 saturated carbocycles. The first-order valence-electron chi connectivity index (χ1n) is 18.1. The van der Waals surface area contributed by atoms with Gasteiger partial charge in [-0.2, -0.15) is 10.2 Å². The molecule has 0 spiro atoms. The van der Waals surface area contributed by atoms with Crippen LogP contribution in [0.3, 0.4) is 0 Å². The van der Waals surface area contributed by atoms with Crippen LogP contribution in [0.25, 0.3) is 21.1 Å². The third-order valence-electron chi connectivity index (χ3n) is 8.44. The van der Waals surface area contributed by atoms with Gasteiger partial charge in [0.25, 0.3) is 0 Å². The summed E-state index contributed by atoms with van der Waals surface area (Å²) in [5.41, 5.74) is 16.9. The molecule has 7 nitrogen and oxygen atoms in total. The molecule has 0 saturated heterocycles. The van der Waals surface area contributed by atoms with Crippen LogP contribution in [0.2, 0.25) is 0 Å². The van der Waals surface area contributed by atoms with Crippen LogP contribution in [0.4, 0.5) is 0 Å². The molecule has 0 unspecified atom stereocenters. The third kappa shape index (κ3) is 12.0. The Kier molecular flexibility index (Phi) is 15.9. The van der Waals surface area contributed by atoms with Crippen molar-refractivity contribution in [2.45, 2.75) is 119 Å². The zero-order valence-electron chi connectivity index (χ0n) is 30.7. The van der Waals surface area contributed by atoms with Crippen LogP contribution in [-0.2, 0) is 6.42 Å².